The largest absolute Gasteiger partial charge is 0.506 e. The van der Waals surface area contributed by atoms with Gasteiger partial charge < -0.3 is 20.6 Å². The number of primary amides is 1. The van der Waals surface area contributed by atoms with E-state index >= 15 is 0 Å². The predicted molar refractivity (Wildman–Crippen MR) is 119 cm³/mol. The van der Waals surface area contributed by atoms with Gasteiger partial charge in [-0.05, 0) is 24.3 Å². The number of carbonyl (C=O) groups excluding carboxylic acids is 2. The maximum absolute atomic E-state index is 13.0. The molecular weight excluding hydrogens is 406 g/mol. The first kappa shape index (κ1) is 20.9. The number of rotatable bonds is 3. The number of nitrogens with zero attached hydrogens (tertiary/aromatic N) is 4. The van der Waals surface area contributed by atoms with Crippen LogP contribution in [0.4, 0.5) is 5.69 Å². The van der Waals surface area contributed by atoms with Crippen LogP contribution in [0.15, 0.2) is 61.2 Å². The van der Waals surface area contributed by atoms with Crippen molar-refractivity contribution >= 4 is 17.5 Å². The number of piperazine rings is 1. The lowest BCUT2D eigenvalue weighted by Crippen LogP contribution is -2.49. The van der Waals surface area contributed by atoms with Gasteiger partial charge in [-0.15, -0.1) is 0 Å². The zero-order valence-electron chi connectivity index (χ0n) is 17.2. The van der Waals surface area contributed by atoms with E-state index in [9.17, 15) is 14.7 Å². The summed E-state index contributed by atoms with van der Waals surface area (Å²) in [7, 11) is 0. The zero-order valence-corrected chi connectivity index (χ0v) is 17.2. The molecule has 1 aliphatic rings. The molecule has 0 radical (unpaired) electrons. The van der Waals surface area contributed by atoms with Crippen molar-refractivity contribution in [1.82, 2.24) is 14.9 Å². The number of carbonyl (C=O) groups is 2. The molecule has 0 spiro atoms. The second-order valence-electron chi connectivity index (χ2n) is 7.30. The summed E-state index contributed by atoms with van der Waals surface area (Å²) in [6.45, 7) is 2.20. The fourth-order valence-corrected chi connectivity index (χ4v) is 3.56. The quantitative estimate of drug-likeness (QED) is 0.615. The Labute approximate surface area is 185 Å². The number of hydrogen-bond donors (Lipinski definition) is 2. The van der Waals surface area contributed by atoms with E-state index in [1.807, 2.05) is 12.1 Å². The fourth-order valence-electron chi connectivity index (χ4n) is 3.56. The van der Waals surface area contributed by atoms with Crippen molar-refractivity contribution in [2.75, 3.05) is 31.1 Å². The molecule has 1 fully saturated rings. The maximum Gasteiger partial charge on any atom is 0.255 e. The summed E-state index contributed by atoms with van der Waals surface area (Å²) >= 11 is 0. The summed E-state index contributed by atoms with van der Waals surface area (Å²) in [5.41, 5.74) is 8.36. The summed E-state index contributed by atoms with van der Waals surface area (Å²) in [6, 6.07) is 10.4. The number of aromatic nitrogens is 2. The van der Waals surface area contributed by atoms with Crippen molar-refractivity contribution in [3.63, 3.8) is 0 Å². The van der Waals surface area contributed by atoms with Crippen LogP contribution in [0.2, 0.25) is 0 Å². The van der Waals surface area contributed by atoms with Gasteiger partial charge in [-0.1, -0.05) is 24.0 Å². The minimum absolute atomic E-state index is 0.0384. The van der Waals surface area contributed by atoms with Gasteiger partial charge in [0.2, 0.25) is 0 Å². The highest BCUT2D eigenvalue weighted by Crippen LogP contribution is 2.22. The van der Waals surface area contributed by atoms with Crippen molar-refractivity contribution in [1.29, 1.82) is 0 Å². The van der Waals surface area contributed by atoms with Crippen molar-refractivity contribution < 1.29 is 14.7 Å². The fraction of sp³-hybridized carbons (Fsp3) is 0.167. The summed E-state index contributed by atoms with van der Waals surface area (Å²) in [4.78, 5) is 36.6. The maximum atomic E-state index is 13.0. The smallest absolute Gasteiger partial charge is 0.255 e. The first-order chi connectivity index (χ1) is 15.5. The van der Waals surface area contributed by atoms with Gasteiger partial charge in [-0.25, -0.2) is 0 Å². The van der Waals surface area contributed by atoms with Gasteiger partial charge in [-0.3, -0.25) is 19.6 Å². The number of hydrogen-bond acceptors (Lipinski definition) is 6. The molecule has 1 saturated heterocycles. The molecule has 0 saturated carbocycles. The number of aromatic hydroxyl groups is 1. The van der Waals surface area contributed by atoms with Crippen molar-refractivity contribution in [2.45, 2.75) is 0 Å². The summed E-state index contributed by atoms with van der Waals surface area (Å²) in [5, 5.41) is 9.49. The van der Waals surface area contributed by atoms with Crippen LogP contribution in [0.1, 0.15) is 31.8 Å². The first-order valence-corrected chi connectivity index (χ1v) is 10.1. The van der Waals surface area contributed by atoms with E-state index in [4.69, 9.17) is 5.73 Å². The molecule has 0 unspecified atom stereocenters. The zero-order chi connectivity index (χ0) is 22.5. The number of anilines is 1. The Morgan fingerprint density at radius 2 is 1.56 bits per heavy atom. The topological polar surface area (TPSA) is 113 Å². The molecule has 0 aliphatic carbocycles. The molecule has 2 amide bonds. The molecule has 8 heteroatoms. The van der Waals surface area contributed by atoms with Crippen molar-refractivity contribution in [2.24, 2.45) is 5.73 Å². The highest BCUT2D eigenvalue weighted by molar-refractivity contribution is 5.99. The lowest BCUT2D eigenvalue weighted by Gasteiger charge is -2.36. The molecule has 1 aliphatic heterocycles. The van der Waals surface area contributed by atoms with E-state index in [2.05, 4.69) is 26.7 Å². The third kappa shape index (κ3) is 4.68. The minimum atomic E-state index is -0.468. The van der Waals surface area contributed by atoms with Crippen molar-refractivity contribution in [3.8, 4) is 17.6 Å². The van der Waals surface area contributed by atoms with E-state index in [-0.39, 0.29) is 11.7 Å². The number of benzene rings is 1. The monoisotopic (exact) mass is 427 g/mol. The predicted octanol–water partition coefficient (Wildman–Crippen LogP) is 1.64. The van der Waals surface area contributed by atoms with E-state index in [0.717, 1.165) is 5.69 Å². The van der Waals surface area contributed by atoms with Gasteiger partial charge in [-0.2, -0.15) is 0 Å². The van der Waals surface area contributed by atoms with Crippen molar-refractivity contribution in [3.05, 3.63) is 83.4 Å². The minimum Gasteiger partial charge on any atom is -0.506 e. The lowest BCUT2D eigenvalue weighted by molar-refractivity contribution is 0.0745. The summed E-state index contributed by atoms with van der Waals surface area (Å²) < 4.78 is 0. The normalized spacial score (nSPS) is 13.2. The number of pyridine rings is 2. The first-order valence-electron chi connectivity index (χ1n) is 10.1. The third-order valence-electron chi connectivity index (χ3n) is 5.14. The molecule has 3 heterocycles. The number of amides is 2. The second-order valence-corrected chi connectivity index (χ2v) is 7.30. The second kappa shape index (κ2) is 9.18. The Morgan fingerprint density at radius 1 is 0.906 bits per heavy atom. The summed E-state index contributed by atoms with van der Waals surface area (Å²) in [5.74, 6) is 5.30. The van der Waals surface area contributed by atoms with Gasteiger partial charge in [0, 0.05) is 61.6 Å². The van der Waals surface area contributed by atoms with E-state index in [0.29, 0.717) is 48.4 Å². The molecule has 1 aromatic carbocycles. The molecule has 3 N–H and O–H groups in total. The Hall–Kier alpha value is -4.38. The lowest BCUT2D eigenvalue weighted by atomic mass is 10.1. The number of para-hydroxylation sites is 1. The molecule has 8 nitrogen and oxygen atoms in total. The highest BCUT2D eigenvalue weighted by atomic mass is 16.3. The Balaban J connectivity index is 1.44. The van der Waals surface area contributed by atoms with Gasteiger partial charge in [0.15, 0.2) is 0 Å². The molecule has 160 valence electrons. The van der Waals surface area contributed by atoms with Crippen LogP contribution in [0.5, 0.6) is 5.75 Å². The average molecular weight is 427 g/mol. The van der Waals surface area contributed by atoms with E-state index in [1.165, 1.54) is 18.5 Å². The molecule has 2 aromatic heterocycles. The SMILES string of the molecule is NC(=O)c1ccccc1N1CCN(C(=O)c2cncc(C#Cc3cncc(O)c3)c2)CC1. The standard InChI is InChI=1S/C24H21N5O3/c25-23(31)21-3-1-2-4-22(21)28-7-9-29(10-8-28)24(32)19-11-17(13-26-15-19)5-6-18-12-20(30)16-27-14-18/h1-4,11-16,30H,7-10H2,(H2,25,31). The Bertz CT molecular complexity index is 1220. The van der Waals surface area contributed by atoms with Crippen LogP contribution in [-0.2, 0) is 0 Å². The highest BCUT2D eigenvalue weighted by Gasteiger charge is 2.24. The van der Waals surface area contributed by atoms with Crippen LogP contribution < -0.4 is 10.6 Å². The average Bonchev–Trinajstić information content (AvgIpc) is 2.82. The van der Waals surface area contributed by atoms with Crippen LogP contribution in [0.25, 0.3) is 0 Å². The summed E-state index contributed by atoms with van der Waals surface area (Å²) in [6.07, 6.45) is 5.99. The number of nitrogens with two attached hydrogens (primary N) is 1. The Kier molecular flexibility index (Phi) is 5.99. The molecular formula is C24H21N5O3. The van der Waals surface area contributed by atoms with Gasteiger partial charge in [0.05, 0.1) is 17.3 Å². The van der Waals surface area contributed by atoms with E-state index in [1.54, 1.807) is 35.5 Å². The third-order valence-corrected chi connectivity index (χ3v) is 5.14. The van der Waals surface area contributed by atoms with Gasteiger partial charge in [0.25, 0.3) is 11.8 Å². The molecule has 0 bridgehead atoms. The van der Waals surface area contributed by atoms with Crippen LogP contribution in [0.3, 0.4) is 0 Å². The van der Waals surface area contributed by atoms with Crippen LogP contribution >= 0.6 is 0 Å². The van der Waals surface area contributed by atoms with Crippen LogP contribution in [0, 0.1) is 11.8 Å². The van der Waals surface area contributed by atoms with Crippen LogP contribution in [-0.4, -0.2) is 58.0 Å². The molecule has 4 rings (SSSR count). The molecule has 3 aromatic rings. The molecule has 0 atom stereocenters. The van der Waals surface area contributed by atoms with Gasteiger partial charge >= 0.3 is 0 Å². The molecule has 32 heavy (non-hydrogen) atoms. The van der Waals surface area contributed by atoms with Gasteiger partial charge in [0.1, 0.15) is 5.75 Å². The van der Waals surface area contributed by atoms with E-state index < -0.39 is 5.91 Å². The Morgan fingerprint density at radius 3 is 2.25 bits per heavy atom.